The first-order valence-electron chi connectivity index (χ1n) is 9.96. The monoisotopic (exact) mass is 429 g/mol. The molecule has 3 N–H and O–H groups in total. The molecule has 6 nitrogen and oxygen atoms in total. The maximum Gasteiger partial charge on any atom is 0.234 e. The van der Waals surface area contributed by atoms with Crippen LogP contribution in [0.25, 0.3) is 11.1 Å². The number of rotatable bonds is 8. The van der Waals surface area contributed by atoms with Crippen molar-refractivity contribution < 1.29 is 4.79 Å². The number of carbonyl (C=O) groups excluding carboxylic acids is 1. The Balaban J connectivity index is 1.31. The molecule has 0 fully saturated rings. The van der Waals surface area contributed by atoms with E-state index in [-0.39, 0.29) is 11.7 Å². The number of anilines is 2. The molecule has 4 rings (SSSR count). The molecule has 4 aromatic rings. The van der Waals surface area contributed by atoms with Crippen LogP contribution in [0.2, 0.25) is 0 Å². The molecule has 7 heteroatoms. The van der Waals surface area contributed by atoms with Crippen molar-refractivity contribution in [3.63, 3.8) is 0 Å². The van der Waals surface area contributed by atoms with E-state index in [1.54, 1.807) is 0 Å². The van der Waals surface area contributed by atoms with Crippen LogP contribution in [0, 0.1) is 6.92 Å². The maximum atomic E-state index is 12.5. The van der Waals surface area contributed by atoms with Gasteiger partial charge in [-0.05, 0) is 36.2 Å². The number of carbonyl (C=O) groups is 1. The fourth-order valence-electron chi connectivity index (χ4n) is 3.14. The van der Waals surface area contributed by atoms with Crippen LogP contribution >= 0.6 is 11.8 Å². The molecule has 0 aliphatic carbocycles. The largest absolute Gasteiger partial charge is 0.378 e. The number of para-hydroxylation sites is 1. The normalized spacial score (nSPS) is 10.6. The molecule has 0 unspecified atom stereocenters. The lowest BCUT2D eigenvalue weighted by Gasteiger charge is -2.10. The van der Waals surface area contributed by atoms with Gasteiger partial charge in [0, 0.05) is 16.9 Å². The Morgan fingerprint density at radius 1 is 1.00 bits per heavy atom. The summed E-state index contributed by atoms with van der Waals surface area (Å²) in [5.74, 6) is 0.850. The quantitative estimate of drug-likeness (QED) is 0.339. The maximum absolute atomic E-state index is 12.5. The predicted molar refractivity (Wildman–Crippen MR) is 126 cm³/mol. The summed E-state index contributed by atoms with van der Waals surface area (Å²) >= 11 is 1.30. The Hall–Kier alpha value is -3.58. The lowest BCUT2D eigenvalue weighted by molar-refractivity contribution is -0.113. The van der Waals surface area contributed by atoms with Gasteiger partial charge in [-0.3, -0.25) is 9.89 Å². The van der Waals surface area contributed by atoms with E-state index in [0.717, 1.165) is 28.3 Å². The fraction of sp³-hybridized carbons (Fsp3) is 0.125. The van der Waals surface area contributed by atoms with Crippen LogP contribution in [0.1, 0.15) is 11.4 Å². The lowest BCUT2D eigenvalue weighted by atomic mass is 10.0. The number of benzene rings is 3. The molecule has 1 aromatic heterocycles. The Labute approximate surface area is 185 Å². The first-order chi connectivity index (χ1) is 15.2. The van der Waals surface area contributed by atoms with E-state index in [1.165, 1.54) is 17.3 Å². The molecule has 0 radical (unpaired) electrons. The number of nitrogens with zero attached hydrogens (tertiary/aromatic N) is 2. The van der Waals surface area contributed by atoms with Crippen molar-refractivity contribution in [2.24, 2.45) is 0 Å². The second kappa shape index (κ2) is 9.95. The van der Waals surface area contributed by atoms with Gasteiger partial charge < -0.3 is 10.6 Å². The van der Waals surface area contributed by atoms with Crippen molar-refractivity contribution in [3.8, 4) is 11.1 Å². The van der Waals surface area contributed by atoms with Crippen molar-refractivity contribution in [1.29, 1.82) is 0 Å². The van der Waals surface area contributed by atoms with E-state index in [1.807, 2.05) is 66.7 Å². The summed E-state index contributed by atoms with van der Waals surface area (Å²) in [5.41, 5.74) is 5.06. The SMILES string of the molecule is Cc1cccc(NCc2nc(SCC(=O)Nc3ccccc3-c3ccccc3)n[nH]2)c1. The zero-order chi connectivity index (χ0) is 21.5. The average molecular weight is 430 g/mol. The molecule has 0 aliphatic rings. The van der Waals surface area contributed by atoms with Crippen LogP contribution in [-0.4, -0.2) is 26.8 Å². The minimum Gasteiger partial charge on any atom is -0.378 e. The van der Waals surface area contributed by atoms with Gasteiger partial charge in [0.05, 0.1) is 12.3 Å². The van der Waals surface area contributed by atoms with Gasteiger partial charge in [-0.15, -0.1) is 5.10 Å². The summed E-state index contributed by atoms with van der Waals surface area (Å²) in [5, 5.41) is 14.0. The van der Waals surface area contributed by atoms with E-state index in [0.29, 0.717) is 11.7 Å². The molecule has 3 aromatic carbocycles. The third-order valence-corrected chi connectivity index (χ3v) is 5.45. The minimum atomic E-state index is -0.0994. The third-order valence-electron chi connectivity index (χ3n) is 4.61. The highest BCUT2D eigenvalue weighted by molar-refractivity contribution is 7.99. The minimum absolute atomic E-state index is 0.0994. The third kappa shape index (κ3) is 5.73. The summed E-state index contributed by atoms with van der Waals surface area (Å²) in [6.45, 7) is 2.59. The van der Waals surface area contributed by atoms with Crippen LogP contribution < -0.4 is 10.6 Å². The van der Waals surface area contributed by atoms with Gasteiger partial charge in [0.2, 0.25) is 11.1 Å². The number of hydrogen-bond donors (Lipinski definition) is 3. The van der Waals surface area contributed by atoms with E-state index >= 15 is 0 Å². The topological polar surface area (TPSA) is 82.7 Å². The summed E-state index contributed by atoms with van der Waals surface area (Å²) in [7, 11) is 0. The van der Waals surface area contributed by atoms with Crippen LogP contribution in [0.3, 0.4) is 0 Å². The highest BCUT2D eigenvalue weighted by Crippen LogP contribution is 2.27. The molecule has 0 bridgehead atoms. The summed E-state index contributed by atoms with van der Waals surface area (Å²) in [6, 6.07) is 25.9. The van der Waals surface area contributed by atoms with E-state index in [2.05, 4.69) is 44.9 Å². The fourth-order valence-corrected chi connectivity index (χ4v) is 3.76. The van der Waals surface area contributed by atoms with Crippen molar-refractivity contribution in [3.05, 3.63) is 90.3 Å². The number of aryl methyl sites for hydroxylation is 1. The van der Waals surface area contributed by atoms with Gasteiger partial charge in [0.15, 0.2) is 0 Å². The van der Waals surface area contributed by atoms with Gasteiger partial charge in [-0.25, -0.2) is 4.98 Å². The second-order valence-corrected chi connectivity index (χ2v) is 7.98. The van der Waals surface area contributed by atoms with Crippen LogP contribution in [0.15, 0.2) is 84.0 Å². The Morgan fingerprint density at radius 3 is 2.65 bits per heavy atom. The van der Waals surface area contributed by atoms with E-state index in [4.69, 9.17) is 0 Å². The zero-order valence-electron chi connectivity index (χ0n) is 17.1. The molecule has 0 saturated carbocycles. The number of amides is 1. The van der Waals surface area contributed by atoms with Crippen molar-refractivity contribution in [2.75, 3.05) is 16.4 Å². The van der Waals surface area contributed by atoms with Crippen LogP contribution in [-0.2, 0) is 11.3 Å². The van der Waals surface area contributed by atoms with Crippen LogP contribution in [0.5, 0.6) is 0 Å². The molecule has 1 amide bonds. The first-order valence-corrected chi connectivity index (χ1v) is 10.9. The molecular formula is C24H23N5OS. The zero-order valence-corrected chi connectivity index (χ0v) is 17.9. The lowest BCUT2D eigenvalue weighted by Crippen LogP contribution is -2.14. The Bertz CT molecular complexity index is 1160. The molecular weight excluding hydrogens is 406 g/mol. The number of nitrogens with one attached hydrogen (secondary N) is 3. The van der Waals surface area contributed by atoms with E-state index < -0.39 is 0 Å². The van der Waals surface area contributed by atoms with Gasteiger partial charge in [-0.2, -0.15) is 0 Å². The number of thioether (sulfide) groups is 1. The second-order valence-electron chi connectivity index (χ2n) is 7.04. The average Bonchev–Trinajstić information content (AvgIpc) is 3.25. The van der Waals surface area contributed by atoms with E-state index in [9.17, 15) is 4.79 Å². The number of H-pyrrole nitrogens is 1. The van der Waals surface area contributed by atoms with Gasteiger partial charge in [0.25, 0.3) is 0 Å². The summed E-state index contributed by atoms with van der Waals surface area (Å²) < 4.78 is 0. The van der Waals surface area contributed by atoms with Crippen molar-refractivity contribution in [2.45, 2.75) is 18.6 Å². The Kier molecular flexibility index (Phi) is 6.64. The van der Waals surface area contributed by atoms with Gasteiger partial charge >= 0.3 is 0 Å². The molecule has 0 aliphatic heterocycles. The standard InChI is InChI=1S/C24H23N5OS/c1-17-8-7-11-19(14-17)25-15-22-27-24(29-28-22)31-16-23(30)26-21-13-6-5-12-20(21)18-9-3-2-4-10-18/h2-14,25H,15-16H2,1H3,(H,26,30)(H,27,28,29). The van der Waals surface area contributed by atoms with Crippen molar-refractivity contribution in [1.82, 2.24) is 15.2 Å². The number of hydrogen-bond acceptors (Lipinski definition) is 5. The smallest absolute Gasteiger partial charge is 0.234 e. The highest BCUT2D eigenvalue weighted by atomic mass is 32.2. The molecule has 156 valence electrons. The highest BCUT2D eigenvalue weighted by Gasteiger charge is 2.11. The molecule has 0 atom stereocenters. The van der Waals surface area contributed by atoms with Crippen LogP contribution in [0.4, 0.5) is 11.4 Å². The summed E-state index contributed by atoms with van der Waals surface area (Å²) in [6.07, 6.45) is 0. The number of aromatic amines is 1. The molecule has 31 heavy (non-hydrogen) atoms. The van der Waals surface area contributed by atoms with Gasteiger partial charge in [-0.1, -0.05) is 72.4 Å². The van der Waals surface area contributed by atoms with Gasteiger partial charge in [0.1, 0.15) is 5.82 Å². The molecule has 0 saturated heterocycles. The molecule has 1 heterocycles. The molecule has 0 spiro atoms. The Morgan fingerprint density at radius 2 is 1.81 bits per heavy atom. The summed E-state index contributed by atoms with van der Waals surface area (Å²) in [4.78, 5) is 17.0. The van der Waals surface area contributed by atoms with Crippen molar-refractivity contribution >= 4 is 29.0 Å². The first kappa shape index (κ1) is 20.7. The number of aromatic nitrogens is 3. The predicted octanol–water partition coefficient (Wildman–Crippen LogP) is 5.12.